The van der Waals surface area contributed by atoms with Crippen LogP contribution in [-0.4, -0.2) is 35.8 Å². The van der Waals surface area contributed by atoms with Gasteiger partial charge in [-0.2, -0.15) is 0 Å². The van der Waals surface area contributed by atoms with Gasteiger partial charge in [0.1, 0.15) is 6.10 Å². The maximum absolute atomic E-state index is 13.2. The van der Waals surface area contributed by atoms with Gasteiger partial charge in [-0.3, -0.25) is 9.59 Å². The number of likely N-dealkylation sites (N-methyl/N-ethyl adjacent to an activating group) is 1. The molecule has 1 heterocycles. The Kier molecular flexibility index (Phi) is 7.28. The number of fused-ring (bicyclic) bond motifs is 1. The molecule has 174 valence electrons. The molecule has 1 aliphatic rings. The predicted octanol–water partition coefficient (Wildman–Crippen LogP) is 4.57. The van der Waals surface area contributed by atoms with Gasteiger partial charge in [-0.1, -0.05) is 54.1 Å². The molecule has 0 spiro atoms. The van der Waals surface area contributed by atoms with Crippen LogP contribution in [0.15, 0.2) is 72.8 Å². The van der Waals surface area contributed by atoms with Gasteiger partial charge >= 0.3 is 5.97 Å². The SMILES string of the molecule is CCN(CC(=O)NCc1ccc(Cl)cc1)C(=O)c1ccc2c(c1)C[C@H](c1ccccc1)OC2=O. The van der Waals surface area contributed by atoms with Gasteiger partial charge in [-0.25, -0.2) is 4.79 Å². The fourth-order valence-electron chi connectivity index (χ4n) is 3.92. The van der Waals surface area contributed by atoms with Crippen LogP contribution >= 0.6 is 11.6 Å². The van der Waals surface area contributed by atoms with E-state index in [9.17, 15) is 14.4 Å². The highest BCUT2D eigenvalue weighted by Crippen LogP contribution is 2.31. The summed E-state index contributed by atoms with van der Waals surface area (Å²) >= 11 is 5.89. The zero-order valence-corrected chi connectivity index (χ0v) is 19.5. The highest BCUT2D eigenvalue weighted by Gasteiger charge is 2.29. The van der Waals surface area contributed by atoms with Crippen LogP contribution in [0, 0.1) is 0 Å². The molecule has 3 aromatic rings. The molecule has 0 fully saturated rings. The average Bonchev–Trinajstić information content (AvgIpc) is 2.86. The van der Waals surface area contributed by atoms with Crippen molar-refractivity contribution in [1.82, 2.24) is 10.2 Å². The first kappa shape index (κ1) is 23.5. The molecule has 1 N–H and O–H groups in total. The van der Waals surface area contributed by atoms with Crippen molar-refractivity contribution in [1.29, 1.82) is 0 Å². The molecule has 0 unspecified atom stereocenters. The smallest absolute Gasteiger partial charge is 0.339 e. The normalized spacial score (nSPS) is 14.6. The standard InChI is InChI=1S/C27H25ClN2O4/c1-2-30(17-25(31)29-16-18-8-11-22(28)12-9-18)26(32)20-10-13-23-21(14-20)15-24(34-27(23)33)19-6-4-3-5-7-19/h3-14,24H,2,15-17H2,1H3,(H,29,31)/t24-/m1/s1. The van der Waals surface area contributed by atoms with E-state index < -0.39 is 12.1 Å². The summed E-state index contributed by atoms with van der Waals surface area (Å²) in [6.45, 7) is 2.49. The van der Waals surface area contributed by atoms with E-state index in [4.69, 9.17) is 16.3 Å². The van der Waals surface area contributed by atoms with Crippen LogP contribution < -0.4 is 5.32 Å². The van der Waals surface area contributed by atoms with Gasteiger partial charge in [-0.15, -0.1) is 0 Å². The molecule has 4 rings (SSSR count). The van der Waals surface area contributed by atoms with Crippen LogP contribution in [-0.2, 0) is 22.5 Å². The number of nitrogens with one attached hydrogen (secondary N) is 1. The third-order valence-corrected chi connectivity index (χ3v) is 6.06. The molecule has 3 aromatic carbocycles. The summed E-state index contributed by atoms with van der Waals surface area (Å²) in [6, 6.07) is 21.7. The van der Waals surface area contributed by atoms with Crippen molar-refractivity contribution in [2.24, 2.45) is 0 Å². The Labute approximate surface area is 203 Å². The summed E-state index contributed by atoms with van der Waals surface area (Å²) in [5.41, 5.74) is 3.49. The number of halogens is 1. The molecule has 0 radical (unpaired) electrons. The number of benzene rings is 3. The molecular weight excluding hydrogens is 452 g/mol. The van der Waals surface area contributed by atoms with Gasteiger partial charge in [-0.05, 0) is 53.9 Å². The maximum Gasteiger partial charge on any atom is 0.339 e. The number of cyclic esters (lactones) is 1. The molecule has 0 bridgehead atoms. The number of carbonyl (C=O) groups is 3. The first-order valence-corrected chi connectivity index (χ1v) is 11.5. The number of hydrogen-bond acceptors (Lipinski definition) is 4. The zero-order valence-electron chi connectivity index (χ0n) is 18.8. The lowest BCUT2D eigenvalue weighted by Crippen LogP contribution is -2.40. The van der Waals surface area contributed by atoms with E-state index in [0.717, 1.165) is 16.7 Å². The van der Waals surface area contributed by atoms with Gasteiger partial charge < -0.3 is 15.0 Å². The Morgan fingerprint density at radius 1 is 1.06 bits per heavy atom. The van der Waals surface area contributed by atoms with Gasteiger partial charge in [0.2, 0.25) is 5.91 Å². The van der Waals surface area contributed by atoms with Crippen molar-refractivity contribution < 1.29 is 19.1 Å². The van der Waals surface area contributed by atoms with Crippen molar-refractivity contribution in [3.63, 3.8) is 0 Å². The lowest BCUT2D eigenvalue weighted by Gasteiger charge is -2.26. The summed E-state index contributed by atoms with van der Waals surface area (Å²) < 4.78 is 5.60. The number of hydrogen-bond donors (Lipinski definition) is 1. The van der Waals surface area contributed by atoms with Gasteiger partial charge in [0.15, 0.2) is 0 Å². The van der Waals surface area contributed by atoms with Gasteiger partial charge in [0, 0.05) is 30.1 Å². The Morgan fingerprint density at radius 3 is 2.50 bits per heavy atom. The van der Waals surface area contributed by atoms with Crippen molar-refractivity contribution in [2.45, 2.75) is 26.0 Å². The van der Waals surface area contributed by atoms with Gasteiger partial charge in [0.05, 0.1) is 12.1 Å². The highest BCUT2D eigenvalue weighted by atomic mass is 35.5. The van der Waals surface area contributed by atoms with Crippen molar-refractivity contribution in [3.05, 3.63) is 106 Å². The topological polar surface area (TPSA) is 75.7 Å². The number of amides is 2. The molecule has 6 nitrogen and oxygen atoms in total. The molecule has 1 atom stereocenters. The fraction of sp³-hybridized carbons (Fsp3) is 0.222. The van der Waals surface area contributed by atoms with E-state index >= 15 is 0 Å². The van der Waals surface area contributed by atoms with E-state index in [1.54, 1.807) is 30.3 Å². The van der Waals surface area contributed by atoms with Crippen molar-refractivity contribution >= 4 is 29.4 Å². The second-order valence-electron chi connectivity index (χ2n) is 8.10. The average molecular weight is 477 g/mol. The van der Waals surface area contributed by atoms with E-state index in [0.29, 0.717) is 35.7 Å². The lowest BCUT2D eigenvalue weighted by molar-refractivity contribution is -0.121. The van der Waals surface area contributed by atoms with E-state index in [1.165, 1.54) is 4.90 Å². The molecule has 0 aliphatic carbocycles. The molecule has 1 aliphatic heterocycles. The molecule has 0 saturated heterocycles. The Balaban J connectivity index is 1.43. The Bertz CT molecular complexity index is 1200. The Hall–Kier alpha value is -3.64. The fourth-order valence-corrected chi connectivity index (χ4v) is 4.05. The second-order valence-corrected chi connectivity index (χ2v) is 8.54. The third-order valence-electron chi connectivity index (χ3n) is 5.80. The molecule has 0 aromatic heterocycles. The van der Waals surface area contributed by atoms with Crippen LogP contribution in [0.2, 0.25) is 5.02 Å². The number of esters is 1. The molecule has 34 heavy (non-hydrogen) atoms. The third kappa shape index (κ3) is 5.46. The summed E-state index contributed by atoms with van der Waals surface area (Å²) in [4.78, 5) is 39.6. The van der Waals surface area contributed by atoms with Crippen molar-refractivity contribution in [3.8, 4) is 0 Å². The van der Waals surface area contributed by atoms with Crippen molar-refractivity contribution in [2.75, 3.05) is 13.1 Å². The van der Waals surface area contributed by atoms with Crippen LogP contribution in [0.1, 0.15) is 50.4 Å². The monoisotopic (exact) mass is 476 g/mol. The minimum Gasteiger partial charge on any atom is -0.454 e. The predicted molar refractivity (Wildman–Crippen MR) is 130 cm³/mol. The number of ether oxygens (including phenoxy) is 1. The first-order valence-electron chi connectivity index (χ1n) is 11.1. The number of carbonyl (C=O) groups excluding carboxylic acids is 3. The van der Waals surface area contributed by atoms with Crippen LogP contribution in [0.3, 0.4) is 0 Å². The first-order chi connectivity index (χ1) is 16.4. The molecule has 0 saturated carbocycles. The van der Waals surface area contributed by atoms with E-state index in [1.807, 2.05) is 49.4 Å². The van der Waals surface area contributed by atoms with E-state index in [2.05, 4.69) is 5.32 Å². The quantitative estimate of drug-likeness (QED) is 0.507. The molecular formula is C27H25ClN2O4. The van der Waals surface area contributed by atoms with E-state index in [-0.39, 0.29) is 18.4 Å². The summed E-state index contributed by atoms with van der Waals surface area (Å²) in [5, 5.41) is 3.46. The molecule has 7 heteroatoms. The number of rotatable bonds is 7. The minimum absolute atomic E-state index is 0.0608. The van der Waals surface area contributed by atoms with Crippen LogP contribution in [0.4, 0.5) is 0 Å². The number of nitrogens with zero attached hydrogens (tertiary/aromatic N) is 1. The largest absolute Gasteiger partial charge is 0.454 e. The lowest BCUT2D eigenvalue weighted by atomic mass is 9.93. The highest BCUT2D eigenvalue weighted by molar-refractivity contribution is 6.30. The summed E-state index contributed by atoms with van der Waals surface area (Å²) in [7, 11) is 0. The van der Waals surface area contributed by atoms with Gasteiger partial charge in [0.25, 0.3) is 5.91 Å². The summed E-state index contributed by atoms with van der Waals surface area (Å²) in [6.07, 6.45) is 0.0902. The van der Waals surface area contributed by atoms with Crippen LogP contribution in [0.5, 0.6) is 0 Å². The summed E-state index contributed by atoms with van der Waals surface area (Å²) in [5.74, 6) is -0.916. The van der Waals surface area contributed by atoms with Crippen LogP contribution in [0.25, 0.3) is 0 Å². The Morgan fingerprint density at radius 2 is 1.79 bits per heavy atom. The molecule has 2 amide bonds. The second kappa shape index (κ2) is 10.5. The maximum atomic E-state index is 13.2. The minimum atomic E-state index is -0.400. The zero-order chi connectivity index (χ0) is 24.1.